The summed E-state index contributed by atoms with van der Waals surface area (Å²) in [6.45, 7) is 3.56. The molecular weight excluding hydrogens is 430 g/mol. The van der Waals surface area contributed by atoms with Crippen LogP contribution in [0.25, 0.3) is 0 Å². The van der Waals surface area contributed by atoms with Crippen molar-refractivity contribution < 1.29 is 9.59 Å². The quantitative estimate of drug-likeness (QED) is 0.489. The SMILES string of the molecule is C[C@@H](Nc1nc(Nc2cccc(N(C)C(=O)N3CCCC3)c2)ncc1C(N)=O)c1ccccc1. The highest BCUT2D eigenvalue weighted by atomic mass is 16.2. The van der Waals surface area contributed by atoms with Gasteiger partial charge in [0.2, 0.25) is 5.95 Å². The van der Waals surface area contributed by atoms with Gasteiger partial charge in [-0.25, -0.2) is 9.78 Å². The van der Waals surface area contributed by atoms with Gasteiger partial charge in [0.05, 0.1) is 5.56 Å². The summed E-state index contributed by atoms with van der Waals surface area (Å²) >= 11 is 0. The summed E-state index contributed by atoms with van der Waals surface area (Å²) in [5, 5.41) is 6.42. The van der Waals surface area contributed by atoms with E-state index in [9.17, 15) is 9.59 Å². The van der Waals surface area contributed by atoms with Gasteiger partial charge < -0.3 is 21.3 Å². The van der Waals surface area contributed by atoms with E-state index in [2.05, 4.69) is 20.6 Å². The smallest absolute Gasteiger partial charge is 0.324 e. The third kappa shape index (κ3) is 5.25. The molecule has 0 unspecified atom stereocenters. The van der Waals surface area contributed by atoms with Gasteiger partial charge in [-0.05, 0) is 43.5 Å². The number of carbonyl (C=O) groups excluding carboxylic acids is 2. The number of primary amides is 1. The van der Waals surface area contributed by atoms with Crippen molar-refractivity contribution >= 4 is 35.1 Å². The van der Waals surface area contributed by atoms with Crippen molar-refractivity contribution in [2.75, 3.05) is 35.7 Å². The Hall–Kier alpha value is -4.14. The van der Waals surface area contributed by atoms with Crippen LogP contribution in [0.5, 0.6) is 0 Å². The minimum absolute atomic E-state index is 0.0157. The fourth-order valence-electron chi connectivity index (χ4n) is 3.91. The molecular formula is C25H29N7O2. The molecule has 0 bridgehead atoms. The molecule has 1 atom stereocenters. The number of likely N-dealkylation sites (tertiary alicyclic amines) is 1. The number of rotatable bonds is 7. The Labute approximate surface area is 199 Å². The first-order chi connectivity index (χ1) is 16.4. The van der Waals surface area contributed by atoms with Crippen molar-refractivity contribution in [1.82, 2.24) is 14.9 Å². The predicted molar refractivity (Wildman–Crippen MR) is 133 cm³/mol. The number of anilines is 4. The van der Waals surface area contributed by atoms with Gasteiger partial charge in [0.15, 0.2) is 0 Å². The Bertz CT molecular complexity index is 1160. The molecule has 176 valence electrons. The molecule has 0 aliphatic carbocycles. The lowest BCUT2D eigenvalue weighted by molar-refractivity contribution is 0.100. The highest BCUT2D eigenvalue weighted by Crippen LogP contribution is 2.25. The number of hydrogen-bond acceptors (Lipinski definition) is 6. The number of urea groups is 1. The molecule has 3 aromatic rings. The Balaban J connectivity index is 1.53. The Kier molecular flexibility index (Phi) is 6.91. The van der Waals surface area contributed by atoms with E-state index in [4.69, 9.17) is 5.73 Å². The molecule has 9 heteroatoms. The van der Waals surface area contributed by atoms with Crippen LogP contribution in [0.2, 0.25) is 0 Å². The maximum Gasteiger partial charge on any atom is 0.324 e. The largest absolute Gasteiger partial charge is 0.365 e. The molecule has 34 heavy (non-hydrogen) atoms. The topological polar surface area (TPSA) is 116 Å². The van der Waals surface area contributed by atoms with Crippen LogP contribution in [0, 0.1) is 0 Å². The van der Waals surface area contributed by atoms with E-state index >= 15 is 0 Å². The summed E-state index contributed by atoms with van der Waals surface area (Å²) in [5.74, 6) is 0.0376. The fourth-order valence-corrected chi connectivity index (χ4v) is 3.91. The fraction of sp³-hybridized carbons (Fsp3) is 0.280. The zero-order valence-corrected chi connectivity index (χ0v) is 19.4. The Morgan fingerprint density at radius 3 is 2.53 bits per heavy atom. The number of amides is 3. The second kappa shape index (κ2) is 10.2. The molecule has 0 saturated carbocycles. The number of nitrogens with zero attached hydrogens (tertiary/aromatic N) is 4. The first-order valence-electron chi connectivity index (χ1n) is 11.3. The zero-order valence-electron chi connectivity index (χ0n) is 19.4. The third-order valence-corrected chi connectivity index (χ3v) is 5.86. The molecule has 1 fully saturated rings. The lowest BCUT2D eigenvalue weighted by Crippen LogP contribution is -2.39. The molecule has 1 aromatic heterocycles. The van der Waals surface area contributed by atoms with Crippen LogP contribution in [0.4, 0.5) is 27.9 Å². The van der Waals surface area contributed by atoms with Crippen LogP contribution in [0.1, 0.15) is 41.7 Å². The van der Waals surface area contributed by atoms with Crippen LogP contribution in [-0.2, 0) is 0 Å². The average molecular weight is 460 g/mol. The van der Waals surface area contributed by atoms with Gasteiger partial charge in [0.1, 0.15) is 5.82 Å². The van der Waals surface area contributed by atoms with Crippen molar-refractivity contribution in [2.24, 2.45) is 5.73 Å². The normalized spacial score (nSPS) is 13.9. The summed E-state index contributed by atoms with van der Waals surface area (Å²) in [5.41, 5.74) is 8.27. The van der Waals surface area contributed by atoms with Crippen LogP contribution in [-0.4, -0.2) is 46.9 Å². The first-order valence-corrected chi connectivity index (χ1v) is 11.3. The molecule has 9 nitrogen and oxygen atoms in total. The molecule has 3 amide bonds. The van der Waals surface area contributed by atoms with Gasteiger partial charge in [-0.3, -0.25) is 9.69 Å². The van der Waals surface area contributed by atoms with Crippen molar-refractivity contribution in [2.45, 2.75) is 25.8 Å². The van der Waals surface area contributed by atoms with Crippen molar-refractivity contribution in [3.05, 3.63) is 71.9 Å². The summed E-state index contributed by atoms with van der Waals surface area (Å²) in [6, 6.07) is 17.2. The monoisotopic (exact) mass is 459 g/mol. The second-order valence-electron chi connectivity index (χ2n) is 8.31. The maximum atomic E-state index is 12.7. The van der Waals surface area contributed by atoms with Crippen LogP contribution < -0.4 is 21.3 Å². The number of hydrogen-bond donors (Lipinski definition) is 3. The molecule has 4 rings (SSSR count). The van der Waals surface area contributed by atoms with Crippen LogP contribution in [0.3, 0.4) is 0 Å². The maximum absolute atomic E-state index is 12.7. The highest BCUT2D eigenvalue weighted by Gasteiger charge is 2.22. The molecule has 1 aliphatic heterocycles. The minimum Gasteiger partial charge on any atom is -0.365 e. The van der Waals surface area contributed by atoms with Crippen LogP contribution in [0.15, 0.2) is 60.8 Å². The van der Waals surface area contributed by atoms with Gasteiger partial charge in [0.25, 0.3) is 5.91 Å². The van der Waals surface area contributed by atoms with E-state index in [1.54, 1.807) is 11.9 Å². The summed E-state index contributed by atoms with van der Waals surface area (Å²) in [7, 11) is 1.77. The minimum atomic E-state index is -0.613. The third-order valence-electron chi connectivity index (χ3n) is 5.86. The van der Waals surface area contributed by atoms with Crippen molar-refractivity contribution in [3.8, 4) is 0 Å². The molecule has 2 aromatic carbocycles. The molecule has 4 N–H and O–H groups in total. The van der Waals surface area contributed by atoms with Gasteiger partial charge in [0, 0.05) is 43.8 Å². The van der Waals surface area contributed by atoms with Crippen molar-refractivity contribution in [3.63, 3.8) is 0 Å². The van der Waals surface area contributed by atoms with E-state index in [1.165, 1.54) is 6.20 Å². The molecule has 0 spiro atoms. The van der Waals surface area contributed by atoms with Gasteiger partial charge in [-0.1, -0.05) is 36.4 Å². The lowest BCUT2D eigenvalue weighted by atomic mass is 10.1. The van der Waals surface area contributed by atoms with E-state index in [1.807, 2.05) is 66.4 Å². The zero-order chi connectivity index (χ0) is 24.1. The predicted octanol–water partition coefficient (Wildman–Crippen LogP) is 4.14. The average Bonchev–Trinajstić information content (AvgIpc) is 3.39. The number of nitrogens with two attached hydrogens (primary N) is 1. The highest BCUT2D eigenvalue weighted by molar-refractivity contribution is 5.97. The van der Waals surface area contributed by atoms with Crippen LogP contribution >= 0.6 is 0 Å². The molecule has 0 radical (unpaired) electrons. The Morgan fingerprint density at radius 2 is 1.82 bits per heavy atom. The number of nitrogens with one attached hydrogen (secondary N) is 2. The summed E-state index contributed by atoms with van der Waals surface area (Å²) in [6.07, 6.45) is 3.49. The van der Waals surface area contributed by atoms with E-state index in [0.717, 1.165) is 37.2 Å². The van der Waals surface area contributed by atoms with Gasteiger partial charge >= 0.3 is 6.03 Å². The van der Waals surface area contributed by atoms with E-state index in [-0.39, 0.29) is 17.6 Å². The number of benzene rings is 2. The lowest BCUT2D eigenvalue weighted by Gasteiger charge is -2.24. The first kappa shape index (κ1) is 23.0. The van der Waals surface area contributed by atoms with Gasteiger partial charge in [-0.2, -0.15) is 4.98 Å². The van der Waals surface area contributed by atoms with Crippen molar-refractivity contribution in [1.29, 1.82) is 0 Å². The standard InChI is InChI=1S/C25H29N7O2/c1-17(18-9-4-3-5-10-18)28-23-21(22(26)33)16-27-24(30-23)29-19-11-8-12-20(15-19)31(2)25(34)32-13-6-7-14-32/h3-5,8-12,15-17H,6-7,13-14H2,1-2H3,(H2,26,33)(H2,27,28,29,30)/t17-/m1/s1. The second-order valence-corrected chi connectivity index (χ2v) is 8.31. The summed E-state index contributed by atoms with van der Waals surface area (Å²) in [4.78, 5) is 36.9. The number of carbonyl (C=O) groups is 2. The molecule has 1 aliphatic rings. The van der Waals surface area contributed by atoms with E-state index < -0.39 is 5.91 Å². The summed E-state index contributed by atoms with van der Waals surface area (Å²) < 4.78 is 0. The molecule has 1 saturated heterocycles. The number of aromatic nitrogens is 2. The Morgan fingerprint density at radius 1 is 1.09 bits per heavy atom. The van der Waals surface area contributed by atoms with E-state index in [0.29, 0.717) is 17.5 Å². The molecule has 2 heterocycles. The van der Waals surface area contributed by atoms with Gasteiger partial charge in [-0.15, -0.1) is 0 Å².